The summed E-state index contributed by atoms with van der Waals surface area (Å²) >= 11 is 0. The Morgan fingerprint density at radius 3 is 2.74 bits per heavy atom. The van der Waals surface area contributed by atoms with Gasteiger partial charge < -0.3 is 10.1 Å². The standard InChI is InChI=1S/C14H20FN3O4S/c1-22-10-7-17-13(19)14(15)4-8-18(9-5-14)23(20,21)12-3-2-6-16-11-12/h2-3,6,11H,4-5,7-10H2,1H3,(H,17,19). The lowest BCUT2D eigenvalue weighted by molar-refractivity contribution is -0.135. The molecule has 1 saturated heterocycles. The Bertz CT molecular complexity index is 631. The average molecular weight is 345 g/mol. The molecule has 1 aliphatic heterocycles. The highest BCUT2D eigenvalue weighted by atomic mass is 32.2. The van der Waals surface area contributed by atoms with Gasteiger partial charge in [-0.15, -0.1) is 0 Å². The van der Waals surface area contributed by atoms with E-state index in [1.807, 2.05) is 0 Å². The monoisotopic (exact) mass is 345 g/mol. The van der Waals surface area contributed by atoms with Crippen LogP contribution in [0, 0.1) is 0 Å². The number of carbonyl (C=O) groups is 1. The van der Waals surface area contributed by atoms with E-state index in [9.17, 15) is 17.6 Å². The lowest BCUT2D eigenvalue weighted by Crippen LogP contribution is -2.52. The van der Waals surface area contributed by atoms with Crippen LogP contribution in [0.2, 0.25) is 0 Å². The largest absolute Gasteiger partial charge is 0.383 e. The van der Waals surface area contributed by atoms with Crippen molar-refractivity contribution in [3.63, 3.8) is 0 Å². The van der Waals surface area contributed by atoms with Crippen LogP contribution in [0.5, 0.6) is 0 Å². The van der Waals surface area contributed by atoms with Gasteiger partial charge in [-0.3, -0.25) is 9.78 Å². The van der Waals surface area contributed by atoms with Gasteiger partial charge >= 0.3 is 0 Å². The predicted molar refractivity (Wildman–Crippen MR) is 81.0 cm³/mol. The fraction of sp³-hybridized carbons (Fsp3) is 0.571. The summed E-state index contributed by atoms with van der Waals surface area (Å²) in [4.78, 5) is 15.8. The minimum absolute atomic E-state index is 0.0502. The van der Waals surface area contributed by atoms with Crippen molar-refractivity contribution < 1.29 is 22.3 Å². The van der Waals surface area contributed by atoms with Crippen LogP contribution in [-0.4, -0.2) is 62.6 Å². The number of aromatic nitrogens is 1. The number of nitrogens with one attached hydrogen (secondary N) is 1. The van der Waals surface area contributed by atoms with Gasteiger partial charge in [0.05, 0.1) is 6.61 Å². The second-order valence-electron chi connectivity index (χ2n) is 5.31. The van der Waals surface area contributed by atoms with E-state index in [1.165, 1.54) is 35.9 Å². The van der Waals surface area contributed by atoms with Crippen molar-refractivity contribution >= 4 is 15.9 Å². The van der Waals surface area contributed by atoms with E-state index in [0.29, 0.717) is 6.61 Å². The number of amides is 1. The number of rotatable bonds is 6. The molecule has 1 N–H and O–H groups in total. The Kier molecular flexibility index (Phi) is 5.66. The minimum atomic E-state index is -3.71. The Morgan fingerprint density at radius 1 is 1.48 bits per heavy atom. The molecule has 0 bridgehead atoms. The summed E-state index contributed by atoms with van der Waals surface area (Å²) in [5, 5.41) is 2.46. The number of methoxy groups -OCH3 is 1. The van der Waals surface area contributed by atoms with Crippen molar-refractivity contribution in [1.29, 1.82) is 0 Å². The van der Waals surface area contributed by atoms with E-state index in [-0.39, 0.29) is 37.4 Å². The van der Waals surface area contributed by atoms with Gasteiger partial charge in [-0.25, -0.2) is 12.8 Å². The molecule has 128 valence electrons. The highest BCUT2D eigenvalue weighted by Crippen LogP contribution is 2.29. The molecule has 23 heavy (non-hydrogen) atoms. The van der Waals surface area contributed by atoms with Crippen LogP contribution in [0.3, 0.4) is 0 Å². The number of piperidine rings is 1. The molecule has 0 radical (unpaired) electrons. The number of alkyl halides is 1. The van der Waals surface area contributed by atoms with Crippen molar-refractivity contribution in [2.75, 3.05) is 33.4 Å². The molecule has 9 heteroatoms. The summed E-state index contributed by atoms with van der Waals surface area (Å²) in [7, 11) is -2.22. The van der Waals surface area contributed by atoms with Crippen LogP contribution in [0.15, 0.2) is 29.4 Å². The fourth-order valence-corrected chi connectivity index (χ4v) is 3.79. The van der Waals surface area contributed by atoms with Crippen LogP contribution in [0.4, 0.5) is 4.39 Å². The highest BCUT2D eigenvalue weighted by Gasteiger charge is 2.44. The van der Waals surface area contributed by atoms with Gasteiger partial charge in [-0.05, 0) is 12.1 Å². The van der Waals surface area contributed by atoms with E-state index in [4.69, 9.17) is 4.74 Å². The summed E-state index contributed by atoms with van der Waals surface area (Å²) in [6, 6.07) is 2.97. The lowest BCUT2D eigenvalue weighted by atomic mass is 9.93. The molecule has 2 heterocycles. The maximum absolute atomic E-state index is 14.7. The molecule has 0 atom stereocenters. The van der Waals surface area contributed by atoms with E-state index < -0.39 is 21.6 Å². The number of pyridine rings is 1. The second-order valence-corrected chi connectivity index (χ2v) is 7.24. The van der Waals surface area contributed by atoms with Gasteiger partial charge in [0.25, 0.3) is 5.91 Å². The molecule has 0 aromatic carbocycles. The number of halogens is 1. The van der Waals surface area contributed by atoms with Crippen molar-refractivity contribution in [2.24, 2.45) is 0 Å². The lowest BCUT2D eigenvalue weighted by Gasteiger charge is -2.34. The summed E-state index contributed by atoms with van der Waals surface area (Å²) in [5.74, 6) is -0.715. The first-order valence-electron chi connectivity index (χ1n) is 7.26. The molecule has 1 amide bonds. The summed E-state index contributed by atoms with van der Waals surface area (Å²) in [6.07, 6.45) is 2.38. The van der Waals surface area contributed by atoms with Crippen LogP contribution in [-0.2, 0) is 19.6 Å². The van der Waals surface area contributed by atoms with Crippen molar-refractivity contribution in [3.05, 3.63) is 24.5 Å². The number of hydrogen-bond acceptors (Lipinski definition) is 5. The topological polar surface area (TPSA) is 88.6 Å². The van der Waals surface area contributed by atoms with Crippen LogP contribution in [0.1, 0.15) is 12.8 Å². The number of hydrogen-bond donors (Lipinski definition) is 1. The number of sulfonamides is 1. The third-order valence-electron chi connectivity index (χ3n) is 3.79. The summed E-state index contributed by atoms with van der Waals surface area (Å²) < 4.78 is 45.5. The SMILES string of the molecule is COCCNC(=O)C1(F)CCN(S(=O)(=O)c2cccnc2)CC1. The maximum atomic E-state index is 14.7. The predicted octanol–water partition coefficient (Wildman–Crippen LogP) is 0.337. The van der Waals surface area contributed by atoms with Crippen molar-refractivity contribution in [2.45, 2.75) is 23.4 Å². The Balaban J connectivity index is 1.99. The first-order chi connectivity index (χ1) is 10.9. The zero-order chi connectivity index (χ0) is 16.9. The molecule has 2 rings (SSSR count). The molecule has 0 aliphatic carbocycles. The molecule has 0 saturated carbocycles. The smallest absolute Gasteiger partial charge is 0.257 e. The Hall–Kier alpha value is -1.58. The second kappa shape index (κ2) is 7.33. The van der Waals surface area contributed by atoms with E-state index in [0.717, 1.165) is 0 Å². The van der Waals surface area contributed by atoms with Gasteiger partial charge in [-0.2, -0.15) is 4.31 Å². The quantitative estimate of drug-likeness (QED) is 0.751. The van der Waals surface area contributed by atoms with E-state index >= 15 is 0 Å². The van der Waals surface area contributed by atoms with E-state index in [2.05, 4.69) is 10.3 Å². The molecule has 7 nitrogen and oxygen atoms in total. The Labute approximate surface area is 134 Å². The maximum Gasteiger partial charge on any atom is 0.257 e. The first kappa shape index (κ1) is 17.8. The molecule has 1 aliphatic rings. The molecular formula is C14H20FN3O4S. The van der Waals surface area contributed by atoms with Gasteiger partial charge in [0.15, 0.2) is 5.67 Å². The molecule has 0 unspecified atom stereocenters. The fourth-order valence-electron chi connectivity index (χ4n) is 2.38. The summed E-state index contributed by atoms with van der Waals surface area (Å²) in [5.41, 5.74) is -2.05. The normalized spacial score (nSPS) is 18.5. The van der Waals surface area contributed by atoms with Gasteiger partial charge in [0.1, 0.15) is 4.90 Å². The molecule has 0 spiro atoms. The third-order valence-corrected chi connectivity index (χ3v) is 5.67. The Morgan fingerprint density at radius 2 is 2.17 bits per heavy atom. The van der Waals surface area contributed by atoms with E-state index in [1.54, 1.807) is 0 Å². The zero-order valence-corrected chi connectivity index (χ0v) is 13.7. The van der Waals surface area contributed by atoms with Crippen molar-refractivity contribution in [3.8, 4) is 0 Å². The van der Waals surface area contributed by atoms with Gasteiger partial charge in [0.2, 0.25) is 10.0 Å². The van der Waals surface area contributed by atoms with Gasteiger partial charge in [-0.1, -0.05) is 0 Å². The zero-order valence-electron chi connectivity index (χ0n) is 12.9. The molecule has 1 fully saturated rings. The van der Waals surface area contributed by atoms with Crippen LogP contribution < -0.4 is 5.32 Å². The van der Waals surface area contributed by atoms with Gasteiger partial charge in [0, 0.05) is 52.0 Å². The van der Waals surface area contributed by atoms with Crippen LogP contribution >= 0.6 is 0 Å². The summed E-state index contributed by atoms with van der Waals surface area (Å²) in [6.45, 7) is 0.416. The number of ether oxygens (including phenoxy) is 1. The number of nitrogens with zero attached hydrogens (tertiary/aromatic N) is 2. The third kappa shape index (κ3) is 4.04. The highest BCUT2D eigenvalue weighted by molar-refractivity contribution is 7.89. The first-order valence-corrected chi connectivity index (χ1v) is 8.70. The minimum Gasteiger partial charge on any atom is -0.383 e. The average Bonchev–Trinajstić information content (AvgIpc) is 2.56. The molecular weight excluding hydrogens is 325 g/mol. The molecule has 1 aromatic heterocycles. The van der Waals surface area contributed by atoms with Crippen LogP contribution in [0.25, 0.3) is 0 Å². The number of carbonyl (C=O) groups excluding carboxylic acids is 1. The van der Waals surface area contributed by atoms with Crippen molar-refractivity contribution in [1.82, 2.24) is 14.6 Å². The molecule has 1 aromatic rings.